The lowest BCUT2D eigenvalue weighted by Gasteiger charge is -2.35. The molecule has 0 aliphatic carbocycles. The lowest BCUT2D eigenvalue weighted by Crippen LogP contribution is -2.43. The molecule has 1 atom stereocenters. The van der Waals surface area contributed by atoms with E-state index >= 15 is 0 Å². The largest absolute Gasteiger partial charge is 0.324 e. The minimum atomic E-state index is -0.511. The third-order valence-electron chi connectivity index (χ3n) is 3.70. The summed E-state index contributed by atoms with van der Waals surface area (Å²) in [6, 6.07) is 16.0. The van der Waals surface area contributed by atoms with Gasteiger partial charge in [0.15, 0.2) is 5.78 Å². The molecule has 3 heteroatoms. The van der Waals surface area contributed by atoms with E-state index in [1.807, 2.05) is 37.3 Å². The topological polar surface area (TPSA) is 37.4 Å². The summed E-state index contributed by atoms with van der Waals surface area (Å²) in [4.78, 5) is 26.9. The molecule has 0 saturated heterocycles. The number of hydrogen-bond donors (Lipinski definition) is 0. The molecule has 1 aliphatic rings. The minimum Gasteiger partial charge on any atom is -0.324 e. The van der Waals surface area contributed by atoms with Crippen LogP contribution in [0.25, 0.3) is 0 Å². The second-order valence-electron chi connectivity index (χ2n) is 4.81. The molecule has 3 nitrogen and oxygen atoms in total. The molecule has 1 unspecified atom stereocenters. The predicted octanol–water partition coefficient (Wildman–Crippen LogP) is 3.09. The summed E-state index contributed by atoms with van der Waals surface area (Å²) in [5, 5.41) is 0. The van der Waals surface area contributed by atoms with Gasteiger partial charge >= 0.3 is 0 Å². The number of rotatable bonds is 2. The van der Waals surface area contributed by atoms with Crippen molar-refractivity contribution in [3.8, 4) is 0 Å². The molecule has 0 N–H and O–H groups in total. The number of amides is 1. The van der Waals surface area contributed by atoms with Crippen LogP contribution in [0, 0.1) is 0 Å². The fraction of sp³-hybridized carbons (Fsp3) is 0.176. The summed E-state index contributed by atoms with van der Waals surface area (Å²) in [5.74, 6) is -0.0789. The first-order chi connectivity index (χ1) is 9.74. The highest BCUT2D eigenvalue weighted by molar-refractivity contribution is 6.15. The van der Waals surface area contributed by atoms with Gasteiger partial charge in [-0.15, -0.1) is 0 Å². The van der Waals surface area contributed by atoms with Crippen molar-refractivity contribution < 1.29 is 9.59 Å². The van der Waals surface area contributed by atoms with Crippen molar-refractivity contribution in [2.24, 2.45) is 0 Å². The van der Waals surface area contributed by atoms with Crippen LogP contribution in [0.4, 0.5) is 0 Å². The van der Waals surface area contributed by atoms with Crippen molar-refractivity contribution in [3.63, 3.8) is 0 Å². The molecule has 20 heavy (non-hydrogen) atoms. The monoisotopic (exact) mass is 265 g/mol. The number of fused-ring (bicyclic) bond motifs is 1. The molecular weight excluding hydrogens is 250 g/mol. The number of carbonyl (C=O) groups excluding carboxylic acids is 2. The zero-order chi connectivity index (χ0) is 14.1. The third-order valence-corrected chi connectivity index (χ3v) is 3.70. The Labute approximate surface area is 117 Å². The number of carbonyl (C=O) groups is 2. The van der Waals surface area contributed by atoms with Gasteiger partial charge in [0.2, 0.25) is 0 Å². The minimum absolute atomic E-state index is 0.00625. The fourth-order valence-corrected chi connectivity index (χ4v) is 2.74. The smallest absolute Gasteiger partial charge is 0.255 e. The average Bonchev–Trinajstić information content (AvgIpc) is 2.51. The van der Waals surface area contributed by atoms with Crippen LogP contribution in [0.5, 0.6) is 0 Å². The third kappa shape index (κ3) is 1.83. The summed E-state index contributed by atoms with van der Waals surface area (Å²) in [6.45, 7) is 2.41. The van der Waals surface area contributed by atoms with Crippen LogP contribution < -0.4 is 0 Å². The Morgan fingerprint density at radius 1 is 0.900 bits per heavy atom. The van der Waals surface area contributed by atoms with Gasteiger partial charge < -0.3 is 4.90 Å². The van der Waals surface area contributed by atoms with Gasteiger partial charge in [-0.2, -0.15) is 0 Å². The van der Waals surface area contributed by atoms with E-state index in [2.05, 4.69) is 0 Å². The van der Waals surface area contributed by atoms with Crippen molar-refractivity contribution in [1.82, 2.24) is 4.90 Å². The predicted molar refractivity (Wildman–Crippen MR) is 76.7 cm³/mol. The summed E-state index contributed by atoms with van der Waals surface area (Å²) in [5.41, 5.74) is 1.89. The highest BCUT2D eigenvalue weighted by Gasteiger charge is 2.38. The van der Waals surface area contributed by atoms with Crippen LogP contribution in [-0.4, -0.2) is 23.1 Å². The molecule has 0 saturated carbocycles. The van der Waals surface area contributed by atoms with E-state index in [0.717, 1.165) is 5.56 Å². The van der Waals surface area contributed by atoms with E-state index in [-0.39, 0.29) is 11.7 Å². The highest BCUT2D eigenvalue weighted by Crippen LogP contribution is 2.32. The fourth-order valence-electron chi connectivity index (χ4n) is 2.74. The van der Waals surface area contributed by atoms with Gasteiger partial charge in [-0.1, -0.05) is 48.5 Å². The van der Waals surface area contributed by atoms with Gasteiger partial charge in [-0.3, -0.25) is 9.59 Å². The number of benzene rings is 2. The highest BCUT2D eigenvalue weighted by atomic mass is 16.2. The number of hydrogen-bond acceptors (Lipinski definition) is 2. The molecule has 0 aromatic heterocycles. The second-order valence-corrected chi connectivity index (χ2v) is 4.81. The maximum absolute atomic E-state index is 12.7. The van der Waals surface area contributed by atoms with E-state index in [1.165, 1.54) is 0 Å². The lowest BCUT2D eigenvalue weighted by atomic mass is 9.88. The van der Waals surface area contributed by atoms with Gasteiger partial charge in [-0.05, 0) is 18.6 Å². The number of ketones is 1. The van der Waals surface area contributed by atoms with E-state index < -0.39 is 6.04 Å². The van der Waals surface area contributed by atoms with E-state index in [1.54, 1.807) is 29.2 Å². The molecule has 2 aromatic rings. The first-order valence-corrected chi connectivity index (χ1v) is 6.73. The van der Waals surface area contributed by atoms with E-state index in [4.69, 9.17) is 0 Å². The molecule has 0 radical (unpaired) electrons. The first kappa shape index (κ1) is 12.6. The number of nitrogens with zero attached hydrogens (tertiary/aromatic N) is 1. The maximum atomic E-state index is 12.7. The number of likely N-dealkylation sites (N-methyl/N-ethyl adjacent to an activating group) is 1. The van der Waals surface area contributed by atoms with Gasteiger partial charge in [0.05, 0.1) is 5.56 Å². The van der Waals surface area contributed by atoms with Crippen LogP contribution in [0.1, 0.15) is 39.2 Å². The Bertz CT molecular complexity index is 664. The number of Topliss-reactive ketones (excluding diaryl/α,β-unsaturated/α-hetero) is 1. The molecule has 1 heterocycles. The summed E-state index contributed by atoms with van der Waals surface area (Å²) in [6.07, 6.45) is 0. The normalized spacial score (nSPS) is 18.1. The van der Waals surface area contributed by atoms with Crippen LogP contribution in [0.3, 0.4) is 0 Å². The van der Waals surface area contributed by atoms with Crippen molar-refractivity contribution in [1.29, 1.82) is 0 Å². The maximum Gasteiger partial charge on any atom is 0.255 e. The summed E-state index contributed by atoms with van der Waals surface area (Å²) < 4.78 is 0. The molecule has 2 aromatic carbocycles. The van der Waals surface area contributed by atoms with Crippen LogP contribution >= 0.6 is 0 Å². The van der Waals surface area contributed by atoms with Gasteiger partial charge in [0.1, 0.15) is 6.04 Å². The van der Waals surface area contributed by atoms with Crippen molar-refractivity contribution in [2.45, 2.75) is 13.0 Å². The SMILES string of the molecule is CCN1C(=O)c2ccccc2C(=O)C1c1ccccc1. The Morgan fingerprint density at radius 3 is 2.15 bits per heavy atom. The van der Waals surface area contributed by atoms with E-state index in [9.17, 15) is 9.59 Å². The van der Waals surface area contributed by atoms with Crippen molar-refractivity contribution in [2.75, 3.05) is 6.54 Å². The van der Waals surface area contributed by atoms with Gasteiger partial charge in [-0.25, -0.2) is 0 Å². The standard InChI is InChI=1S/C17H15NO2/c1-2-18-15(12-8-4-3-5-9-12)16(19)13-10-6-7-11-14(13)17(18)20/h3-11,15H,2H2,1H3. The summed E-state index contributed by atoms with van der Waals surface area (Å²) in [7, 11) is 0. The molecule has 1 aliphatic heterocycles. The molecular formula is C17H15NO2. The second kappa shape index (κ2) is 4.93. The Kier molecular flexibility index (Phi) is 3.11. The molecule has 0 fully saturated rings. The van der Waals surface area contributed by atoms with Crippen molar-refractivity contribution >= 4 is 11.7 Å². The van der Waals surface area contributed by atoms with Crippen molar-refractivity contribution in [3.05, 3.63) is 71.3 Å². The lowest BCUT2D eigenvalue weighted by molar-refractivity contribution is 0.0585. The van der Waals surface area contributed by atoms with Crippen LogP contribution in [0.15, 0.2) is 54.6 Å². The molecule has 100 valence electrons. The zero-order valence-electron chi connectivity index (χ0n) is 11.2. The Morgan fingerprint density at radius 2 is 1.50 bits per heavy atom. The van der Waals surface area contributed by atoms with Gasteiger partial charge in [0, 0.05) is 12.1 Å². The van der Waals surface area contributed by atoms with E-state index in [0.29, 0.717) is 17.7 Å². The zero-order valence-corrected chi connectivity index (χ0v) is 11.2. The molecule has 0 spiro atoms. The summed E-state index contributed by atoms with van der Waals surface area (Å²) >= 11 is 0. The first-order valence-electron chi connectivity index (χ1n) is 6.73. The van der Waals surface area contributed by atoms with Crippen LogP contribution in [0.2, 0.25) is 0 Å². The molecule has 0 bridgehead atoms. The Balaban J connectivity index is 2.16. The quantitative estimate of drug-likeness (QED) is 0.836. The molecule has 3 rings (SSSR count). The average molecular weight is 265 g/mol. The van der Waals surface area contributed by atoms with Gasteiger partial charge in [0.25, 0.3) is 5.91 Å². The Hall–Kier alpha value is -2.42. The molecule has 1 amide bonds. The van der Waals surface area contributed by atoms with Crippen LogP contribution in [-0.2, 0) is 0 Å².